The van der Waals surface area contributed by atoms with Crippen LogP contribution in [0.5, 0.6) is 0 Å². The van der Waals surface area contributed by atoms with Gasteiger partial charge in [-0.15, -0.1) is 0 Å². The predicted molar refractivity (Wildman–Crippen MR) is 100 cm³/mol. The number of likely N-dealkylation sites (tertiary alicyclic amines) is 1. The van der Waals surface area contributed by atoms with Crippen molar-refractivity contribution in [1.29, 1.82) is 0 Å². The molecule has 0 aromatic rings. The molecule has 4 rings (SSSR count). The number of hydrogen-bond acceptors (Lipinski definition) is 3. The quantitative estimate of drug-likeness (QED) is 0.327. The second-order valence-electron chi connectivity index (χ2n) is 7.76. The largest absolute Gasteiger partial charge is 0.356 e. The smallest absolute Gasteiger partial charge is 0.233 e. The first kappa shape index (κ1) is 17.3. The van der Waals surface area contributed by atoms with Crippen LogP contribution in [0.15, 0.2) is 28.8 Å². The maximum absolute atomic E-state index is 12.6. The third-order valence-electron chi connectivity index (χ3n) is 6.29. The molecular weight excluding hydrogens is 328 g/mol. The Labute approximate surface area is 154 Å². The number of nitrogens with zero attached hydrogens (tertiary/aromatic N) is 2. The molecule has 1 saturated heterocycles. The molecule has 2 amide bonds. The van der Waals surface area contributed by atoms with Crippen molar-refractivity contribution in [3.63, 3.8) is 0 Å². The number of hydrogen-bond donors (Lipinski definition) is 2. The summed E-state index contributed by atoms with van der Waals surface area (Å²) in [5.41, 5.74) is 1.52. The predicted octanol–water partition coefficient (Wildman–Crippen LogP) is 1.46. The third-order valence-corrected chi connectivity index (χ3v) is 6.29. The molecule has 4 aliphatic rings. The van der Waals surface area contributed by atoms with Gasteiger partial charge in [-0.2, -0.15) is 0 Å². The third kappa shape index (κ3) is 3.06. The fraction of sp³-hybridized carbons (Fsp3) is 0.650. The van der Waals surface area contributed by atoms with Gasteiger partial charge in [0.15, 0.2) is 5.96 Å². The molecule has 2 bridgehead atoms. The molecular formula is C20H28N4O2. The standard InChI is InChI=1S/C20H28N4O2/c1-21-20(22-9-8-13-4-2-3-5-13)23-10-11-24-18(25)16-14-6-7-15(12-14)17(16)19(24)26/h4,6-7,14-17H,2-3,5,8-12H2,1H3,(H2,21,22,23). The van der Waals surface area contributed by atoms with E-state index in [9.17, 15) is 9.59 Å². The van der Waals surface area contributed by atoms with Gasteiger partial charge in [-0.3, -0.25) is 19.5 Å². The van der Waals surface area contributed by atoms with Crippen LogP contribution in [0.2, 0.25) is 0 Å². The lowest BCUT2D eigenvalue weighted by Crippen LogP contribution is -2.43. The Balaban J connectivity index is 1.23. The zero-order valence-corrected chi connectivity index (χ0v) is 15.4. The second kappa shape index (κ2) is 7.25. The van der Waals surface area contributed by atoms with Crippen molar-refractivity contribution in [1.82, 2.24) is 15.5 Å². The molecule has 6 nitrogen and oxygen atoms in total. The Morgan fingerprint density at radius 3 is 2.46 bits per heavy atom. The average Bonchev–Trinajstić information content (AvgIpc) is 3.41. The van der Waals surface area contributed by atoms with Crippen LogP contribution in [0.25, 0.3) is 0 Å². The molecule has 140 valence electrons. The van der Waals surface area contributed by atoms with Gasteiger partial charge in [0.05, 0.1) is 11.8 Å². The zero-order valence-electron chi connectivity index (χ0n) is 15.4. The van der Waals surface area contributed by atoms with Crippen molar-refractivity contribution in [3.8, 4) is 0 Å². The zero-order chi connectivity index (χ0) is 18.1. The fourth-order valence-electron chi connectivity index (χ4n) is 5.00. The van der Waals surface area contributed by atoms with E-state index in [4.69, 9.17) is 0 Å². The minimum absolute atomic E-state index is 0.0229. The first-order valence-electron chi connectivity index (χ1n) is 9.85. The molecule has 0 aromatic carbocycles. The van der Waals surface area contributed by atoms with E-state index in [2.05, 4.69) is 33.9 Å². The molecule has 6 heteroatoms. The Hall–Kier alpha value is -2.11. The lowest BCUT2D eigenvalue weighted by Gasteiger charge is -2.18. The van der Waals surface area contributed by atoms with Crippen molar-refractivity contribution >= 4 is 17.8 Å². The molecule has 0 spiro atoms. The van der Waals surface area contributed by atoms with Crippen LogP contribution < -0.4 is 10.6 Å². The van der Waals surface area contributed by atoms with Gasteiger partial charge < -0.3 is 10.6 Å². The molecule has 2 fully saturated rings. The minimum Gasteiger partial charge on any atom is -0.356 e. The van der Waals surface area contributed by atoms with Crippen LogP contribution in [-0.4, -0.2) is 49.4 Å². The Morgan fingerprint density at radius 1 is 1.15 bits per heavy atom. The minimum atomic E-state index is -0.102. The van der Waals surface area contributed by atoms with Crippen LogP contribution in [0.3, 0.4) is 0 Å². The van der Waals surface area contributed by atoms with Crippen molar-refractivity contribution < 1.29 is 9.59 Å². The van der Waals surface area contributed by atoms with E-state index < -0.39 is 0 Å². The molecule has 26 heavy (non-hydrogen) atoms. The van der Waals surface area contributed by atoms with Crippen LogP contribution in [0.1, 0.15) is 32.1 Å². The van der Waals surface area contributed by atoms with Crippen LogP contribution >= 0.6 is 0 Å². The van der Waals surface area contributed by atoms with E-state index in [0.717, 1.165) is 25.3 Å². The topological polar surface area (TPSA) is 73.8 Å². The molecule has 2 N–H and O–H groups in total. The summed E-state index contributed by atoms with van der Waals surface area (Å²) >= 11 is 0. The number of aliphatic imine (C=N–C) groups is 1. The first-order valence-corrected chi connectivity index (χ1v) is 9.85. The van der Waals surface area contributed by atoms with E-state index in [1.165, 1.54) is 29.7 Å². The number of fused-ring (bicyclic) bond motifs is 5. The summed E-state index contributed by atoms with van der Waals surface area (Å²) in [7, 11) is 1.74. The number of amides is 2. The maximum atomic E-state index is 12.6. The van der Waals surface area contributed by atoms with Crippen LogP contribution in [0.4, 0.5) is 0 Å². The van der Waals surface area contributed by atoms with E-state index in [-0.39, 0.29) is 35.5 Å². The Bertz CT molecular complexity index is 651. The molecule has 1 saturated carbocycles. The highest BCUT2D eigenvalue weighted by Gasteiger charge is 2.58. The van der Waals surface area contributed by atoms with E-state index >= 15 is 0 Å². The van der Waals surface area contributed by atoms with Crippen molar-refractivity contribution in [2.45, 2.75) is 32.1 Å². The normalized spacial score (nSPS) is 32.4. The summed E-state index contributed by atoms with van der Waals surface area (Å²) in [4.78, 5) is 31.0. The molecule has 0 aromatic heterocycles. The second-order valence-corrected chi connectivity index (χ2v) is 7.76. The van der Waals surface area contributed by atoms with Crippen molar-refractivity contribution in [2.75, 3.05) is 26.7 Å². The summed E-state index contributed by atoms with van der Waals surface area (Å²) in [6.45, 7) is 1.80. The summed E-state index contributed by atoms with van der Waals surface area (Å²) in [5, 5.41) is 6.53. The van der Waals surface area contributed by atoms with Gasteiger partial charge in [0.2, 0.25) is 11.8 Å². The molecule has 1 aliphatic heterocycles. The lowest BCUT2D eigenvalue weighted by molar-refractivity contribution is -0.140. The lowest BCUT2D eigenvalue weighted by atomic mass is 9.85. The number of carbonyl (C=O) groups is 2. The number of rotatable bonds is 6. The molecule has 4 unspecified atom stereocenters. The summed E-state index contributed by atoms with van der Waals surface area (Å²) in [6, 6.07) is 0. The van der Waals surface area contributed by atoms with E-state index in [1.54, 1.807) is 7.05 Å². The fourth-order valence-corrected chi connectivity index (χ4v) is 5.00. The summed E-state index contributed by atoms with van der Waals surface area (Å²) in [6.07, 6.45) is 12.3. The van der Waals surface area contributed by atoms with Gasteiger partial charge in [0.1, 0.15) is 0 Å². The number of guanidine groups is 1. The highest BCUT2D eigenvalue weighted by Crippen LogP contribution is 2.52. The van der Waals surface area contributed by atoms with E-state index in [1.807, 2.05) is 0 Å². The van der Waals surface area contributed by atoms with Gasteiger partial charge in [-0.1, -0.05) is 23.8 Å². The summed E-state index contributed by atoms with van der Waals surface area (Å²) < 4.78 is 0. The molecule has 1 heterocycles. The maximum Gasteiger partial charge on any atom is 0.233 e. The number of allylic oxidation sites excluding steroid dienone is 3. The highest BCUT2D eigenvalue weighted by molar-refractivity contribution is 6.06. The number of carbonyl (C=O) groups excluding carboxylic acids is 2. The van der Waals surface area contributed by atoms with Gasteiger partial charge in [0, 0.05) is 26.7 Å². The van der Waals surface area contributed by atoms with Crippen LogP contribution in [-0.2, 0) is 9.59 Å². The van der Waals surface area contributed by atoms with Crippen LogP contribution in [0, 0.1) is 23.7 Å². The molecule has 4 atom stereocenters. The molecule has 0 radical (unpaired) electrons. The van der Waals surface area contributed by atoms with Gasteiger partial charge in [-0.25, -0.2) is 0 Å². The van der Waals surface area contributed by atoms with Crippen molar-refractivity contribution in [2.24, 2.45) is 28.7 Å². The Morgan fingerprint density at radius 2 is 1.85 bits per heavy atom. The monoisotopic (exact) mass is 356 g/mol. The Kier molecular flexibility index (Phi) is 4.83. The van der Waals surface area contributed by atoms with E-state index in [0.29, 0.717) is 13.1 Å². The molecule has 3 aliphatic carbocycles. The van der Waals surface area contributed by atoms with Gasteiger partial charge in [-0.05, 0) is 43.9 Å². The average molecular weight is 356 g/mol. The number of imide groups is 1. The van der Waals surface area contributed by atoms with Crippen molar-refractivity contribution in [3.05, 3.63) is 23.8 Å². The SMILES string of the molecule is CN=C(NCCC1=CCCC1)NCCN1C(=O)C2C3C=CC(C3)C2C1=O. The van der Waals surface area contributed by atoms with Gasteiger partial charge in [0.25, 0.3) is 0 Å². The van der Waals surface area contributed by atoms with Gasteiger partial charge >= 0.3 is 0 Å². The first-order chi connectivity index (χ1) is 12.7. The highest BCUT2D eigenvalue weighted by atomic mass is 16.2. The summed E-state index contributed by atoms with van der Waals surface area (Å²) in [5.74, 6) is 1.12. The number of nitrogens with one attached hydrogen (secondary N) is 2.